The first kappa shape index (κ1) is 8.96. The monoisotopic (exact) mass is 141 g/mol. The van der Waals surface area contributed by atoms with Crippen LogP contribution in [0.15, 0.2) is 0 Å². The largest absolute Gasteiger partial charge is 0.481 e. The molecule has 0 fully saturated rings. The Balaban J connectivity index is 3.71. The van der Waals surface area contributed by atoms with Crippen molar-refractivity contribution in [2.24, 2.45) is 5.41 Å². The van der Waals surface area contributed by atoms with Gasteiger partial charge in [-0.3, -0.25) is 4.79 Å². The van der Waals surface area contributed by atoms with Gasteiger partial charge in [-0.05, 0) is 20.3 Å². The average Bonchev–Trinajstić information content (AvgIpc) is 1.85. The molecule has 0 aliphatic rings. The van der Waals surface area contributed by atoms with Crippen LogP contribution in [0.1, 0.15) is 26.7 Å². The van der Waals surface area contributed by atoms with Crippen LogP contribution in [0.3, 0.4) is 0 Å². The summed E-state index contributed by atoms with van der Waals surface area (Å²) in [4.78, 5) is 10.1. The molecule has 1 N–H and O–H groups in total. The van der Waals surface area contributed by atoms with Gasteiger partial charge in [0.05, 0.1) is 11.5 Å². The van der Waals surface area contributed by atoms with E-state index < -0.39 is 11.4 Å². The Morgan fingerprint density at radius 3 is 2.50 bits per heavy atom. The molecule has 56 valence electrons. The highest BCUT2D eigenvalue weighted by atomic mass is 16.4. The van der Waals surface area contributed by atoms with Crippen LogP contribution in [0.25, 0.3) is 0 Å². The molecule has 0 aromatic rings. The highest BCUT2D eigenvalue weighted by Crippen LogP contribution is 2.19. The molecule has 0 atom stereocenters. The first-order chi connectivity index (χ1) is 4.48. The molecule has 0 heterocycles. The van der Waals surface area contributed by atoms with Gasteiger partial charge in [-0.2, -0.15) is 5.26 Å². The van der Waals surface area contributed by atoms with Gasteiger partial charge in [0.1, 0.15) is 0 Å². The zero-order chi connectivity index (χ0) is 8.20. The molecular weight excluding hydrogens is 130 g/mol. The second-order valence-electron chi connectivity index (χ2n) is 2.89. The van der Waals surface area contributed by atoms with Gasteiger partial charge in [-0.25, -0.2) is 0 Å². The molecule has 10 heavy (non-hydrogen) atoms. The van der Waals surface area contributed by atoms with Gasteiger partial charge in [0.2, 0.25) is 0 Å². The highest BCUT2D eigenvalue weighted by molar-refractivity contribution is 5.66. The minimum atomic E-state index is -0.844. The third kappa shape index (κ3) is 3.90. The summed E-state index contributed by atoms with van der Waals surface area (Å²) >= 11 is 0. The number of carboxylic acid groups (broad SMARTS) is 1. The fourth-order valence-corrected chi connectivity index (χ4v) is 0.475. The van der Waals surface area contributed by atoms with Crippen LogP contribution in [0.4, 0.5) is 0 Å². The molecule has 0 saturated carbocycles. The van der Waals surface area contributed by atoms with Crippen LogP contribution < -0.4 is 0 Å². The Morgan fingerprint density at radius 1 is 1.70 bits per heavy atom. The number of rotatable bonds is 3. The molecule has 0 aliphatic carbocycles. The molecule has 0 bridgehead atoms. The molecule has 0 aromatic carbocycles. The van der Waals surface area contributed by atoms with E-state index in [0.29, 0.717) is 6.42 Å². The van der Waals surface area contributed by atoms with Crippen molar-refractivity contribution in [1.29, 1.82) is 5.26 Å². The SMILES string of the molecule is CC(C)(C#N)CCC(=O)O. The second-order valence-corrected chi connectivity index (χ2v) is 2.89. The molecule has 0 aliphatic heterocycles. The van der Waals surface area contributed by atoms with Crippen molar-refractivity contribution in [2.75, 3.05) is 0 Å². The predicted molar refractivity (Wildman–Crippen MR) is 36.3 cm³/mol. The Kier molecular flexibility index (Phi) is 2.88. The third-order valence-corrected chi connectivity index (χ3v) is 1.27. The Bertz CT molecular complexity index is 167. The lowest BCUT2D eigenvalue weighted by molar-refractivity contribution is -0.137. The molecule has 0 saturated heterocycles. The van der Waals surface area contributed by atoms with Crippen LogP contribution >= 0.6 is 0 Å². The van der Waals surface area contributed by atoms with Crippen molar-refractivity contribution >= 4 is 5.97 Å². The van der Waals surface area contributed by atoms with Gasteiger partial charge in [-0.1, -0.05) is 0 Å². The van der Waals surface area contributed by atoms with Crippen molar-refractivity contribution in [2.45, 2.75) is 26.7 Å². The molecule has 3 heteroatoms. The van der Waals surface area contributed by atoms with E-state index in [4.69, 9.17) is 10.4 Å². The topological polar surface area (TPSA) is 61.1 Å². The zero-order valence-electron chi connectivity index (χ0n) is 6.22. The lowest BCUT2D eigenvalue weighted by Gasteiger charge is -2.11. The van der Waals surface area contributed by atoms with Crippen molar-refractivity contribution in [3.05, 3.63) is 0 Å². The van der Waals surface area contributed by atoms with E-state index in [0.717, 1.165) is 0 Å². The van der Waals surface area contributed by atoms with Crippen LogP contribution in [0.2, 0.25) is 0 Å². The number of carboxylic acids is 1. The Labute approximate surface area is 60.3 Å². The number of nitriles is 1. The molecule has 0 rings (SSSR count). The number of hydrogen-bond acceptors (Lipinski definition) is 2. The maximum absolute atomic E-state index is 10.1. The minimum Gasteiger partial charge on any atom is -0.481 e. The quantitative estimate of drug-likeness (QED) is 0.646. The highest BCUT2D eigenvalue weighted by Gasteiger charge is 2.17. The normalized spacial score (nSPS) is 10.5. The summed E-state index contributed by atoms with van der Waals surface area (Å²) < 4.78 is 0. The minimum absolute atomic E-state index is 0.0700. The van der Waals surface area contributed by atoms with E-state index in [1.165, 1.54) is 0 Å². The van der Waals surface area contributed by atoms with Crippen molar-refractivity contribution in [3.8, 4) is 6.07 Å². The number of hydrogen-bond donors (Lipinski definition) is 1. The van der Waals surface area contributed by atoms with E-state index in [2.05, 4.69) is 0 Å². The summed E-state index contributed by atoms with van der Waals surface area (Å²) in [7, 11) is 0. The van der Waals surface area contributed by atoms with E-state index in [1.54, 1.807) is 13.8 Å². The van der Waals surface area contributed by atoms with Crippen LogP contribution in [-0.4, -0.2) is 11.1 Å². The molecule has 0 spiro atoms. The lowest BCUT2D eigenvalue weighted by Crippen LogP contribution is -2.10. The smallest absolute Gasteiger partial charge is 0.303 e. The molecule has 3 nitrogen and oxygen atoms in total. The average molecular weight is 141 g/mol. The molecular formula is C7H11NO2. The van der Waals surface area contributed by atoms with E-state index in [9.17, 15) is 4.79 Å². The van der Waals surface area contributed by atoms with Gasteiger partial charge in [-0.15, -0.1) is 0 Å². The molecule has 0 amide bonds. The zero-order valence-corrected chi connectivity index (χ0v) is 6.22. The summed E-state index contributed by atoms with van der Waals surface area (Å²) in [5, 5.41) is 16.7. The third-order valence-electron chi connectivity index (χ3n) is 1.27. The van der Waals surface area contributed by atoms with Gasteiger partial charge in [0.25, 0.3) is 0 Å². The van der Waals surface area contributed by atoms with E-state index in [-0.39, 0.29) is 6.42 Å². The Hall–Kier alpha value is -1.04. The molecule has 0 aromatic heterocycles. The number of nitrogens with zero attached hydrogens (tertiary/aromatic N) is 1. The van der Waals surface area contributed by atoms with E-state index >= 15 is 0 Å². The fraction of sp³-hybridized carbons (Fsp3) is 0.714. The van der Waals surface area contributed by atoms with Gasteiger partial charge in [0.15, 0.2) is 0 Å². The van der Waals surface area contributed by atoms with Gasteiger partial charge < -0.3 is 5.11 Å². The van der Waals surface area contributed by atoms with Gasteiger partial charge >= 0.3 is 5.97 Å². The number of aliphatic carboxylic acids is 1. The van der Waals surface area contributed by atoms with Crippen molar-refractivity contribution < 1.29 is 9.90 Å². The van der Waals surface area contributed by atoms with Gasteiger partial charge in [0, 0.05) is 6.42 Å². The molecule has 0 radical (unpaired) electrons. The first-order valence-electron chi connectivity index (χ1n) is 3.11. The van der Waals surface area contributed by atoms with Crippen LogP contribution in [-0.2, 0) is 4.79 Å². The summed E-state index contributed by atoms with van der Waals surface area (Å²) in [5.74, 6) is -0.844. The second kappa shape index (κ2) is 3.21. The van der Waals surface area contributed by atoms with E-state index in [1.807, 2.05) is 6.07 Å². The maximum atomic E-state index is 10.1. The van der Waals surface area contributed by atoms with Crippen molar-refractivity contribution in [1.82, 2.24) is 0 Å². The summed E-state index contributed by atoms with van der Waals surface area (Å²) in [6, 6.07) is 2.03. The summed E-state index contributed by atoms with van der Waals surface area (Å²) in [6.07, 6.45) is 0.486. The predicted octanol–water partition coefficient (Wildman–Crippen LogP) is 1.40. The van der Waals surface area contributed by atoms with Crippen molar-refractivity contribution in [3.63, 3.8) is 0 Å². The van der Waals surface area contributed by atoms with Crippen LogP contribution in [0.5, 0.6) is 0 Å². The van der Waals surface area contributed by atoms with Crippen LogP contribution in [0, 0.1) is 16.7 Å². The lowest BCUT2D eigenvalue weighted by atomic mass is 9.90. The fourth-order valence-electron chi connectivity index (χ4n) is 0.475. The summed E-state index contributed by atoms with van der Waals surface area (Å²) in [5.41, 5.74) is -0.502. The summed E-state index contributed by atoms with van der Waals surface area (Å²) in [6.45, 7) is 3.46. The Morgan fingerprint density at radius 2 is 2.20 bits per heavy atom. The first-order valence-corrected chi connectivity index (χ1v) is 3.11. The maximum Gasteiger partial charge on any atom is 0.303 e. The number of carbonyl (C=O) groups is 1. The standard InChI is InChI=1S/C7H11NO2/c1-7(2,5-8)4-3-6(9)10/h3-4H2,1-2H3,(H,9,10). The molecule has 0 unspecified atom stereocenters.